The first-order valence-electron chi connectivity index (χ1n) is 11.1. The van der Waals surface area contributed by atoms with Crippen molar-refractivity contribution < 1.29 is 22.7 Å². The lowest BCUT2D eigenvalue weighted by atomic mass is 9.91. The topological polar surface area (TPSA) is 66.2 Å². The molecule has 5 nitrogen and oxygen atoms in total. The van der Waals surface area contributed by atoms with Crippen LogP contribution in [0.1, 0.15) is 52.6 Å². The number of carbonyl (C=O) groups is 1. The van der Waals surface area contributed by atoms with Gasteiger partial charge in [0.2, 0.25) is 11.8 Å². The molecule has 0 bridgehead atoms. The van der Waals surface area contributed by atoms with Crippen LogP contribution in [0, 0.1) is 24.1 Å². The number of rotatable bonds is 5. The van der Waals surface area contributed by atoms with Gasteiger partial charge in [0.25, 0.3) is 5.92 Å². The molecule has 2 heterocycles. The van der Waals surface area contributed by atoms with Crippen molar-refractivity contribution in [2.75, 3.05) is 12.0 Å². The minimum absolute atomic E-state index is 0.104. The number of hydrogen-bond acceptors (Lipinski definition) is 4. The molecule has 1 atom stereocenters. The molecule has 35 heavy (non-hydrogen) atoms. The van der Waals surface area contributed by atoms with Gasteiger partial charge in [0, 0.05) is 24.4 Å². The third kappa shape index (κ3) is 4.72. The van der Waals surface area contributed by atoms with Gasteiger partial charge in [0.15, 0.2) is 0 Å². The Hall–Kier alpha value is -3.86. The molecule has 0 N–H and O–H groups in total. The number of carbonyl (C=O) groups excluding carboxylic acids is 1. The number of fused-ring (bicyclic) bond motifs is 1. The van der Waals surface area contributed by atoms with Gasteiger partial charge in [-0.3, -0.25) is 4.79 Å². The molecule has 4 rings (SSSR count). The van der Waals surface area contributed by atoms with Crippen molar-refractivity contribution in [3.63, 3.8) is 0 Å². The van der Waals surface area contributed by atoms with E-state index in [1.807, 2.05) is 25.1 Å². The molecule has 8 heteroatoms. The summed E-state index contributed by atoms with van der Waals surface area (Å²) in [4.78, 5) is 19.4. The monoisotopic (exact) mass is 479 g/mol. The lowest BCUT2D eigenvalue weighted by molar-refractivity contribution is -0.120. The first-order valence-corrected chi connectivity index (χ1v) is 11.1. The smallest absolute Gasteiger partial charge is 0.275 e. The number of hydrogen-bond donors (Lipinski definition) is 0. The maximum absolute atomic E-state index is 14.7. The maximum atomic E-state index is 14.7. The first kappa shape index (κ1) is 24.3. The summed E-state index contributed by atoms with van der Waals surface area (Å²) in [5.74, 6) is -5.08. The third-order valence-corrected chi connectivity index (χ3v) is 6.37. The number of anilines is 1. The molecule has 1 aromatic heterocycles. The minimum atomic E-state index is -3.22. The van der Waals surface area contributed by atoms with Crippen molar-refractivity contribution in [3.8, 4) is 11.9 Å². The van der Waals surface area contributed by atoms with E-state index in [4.69, 9.17) is 4.74 Å². The number of alkyl halides is 2. The van der Waals surface area contributed by atoms with E-state index in [1.54, 1.807) is 6.07 Å². The summed E-state index contributed by atoms with van der Waals surface area (Å²) in [6.45, 7) is 2.58. The van der Waals surface area contributed by atoms with Crippen molar-refractivity contribution in [1.82, 2.24) is 4.98 Å². The van der Waals surface area contributed by atoms with Crippen LogP contribution >= 0.6 is 0 Å². The van der Waals surface area contributed by atoms with Crippen LogP contribution in [0.4, 0.5) is 18.9 Å². The Balaban J connectivity index is 1.82. The molecule has 0 saturated heterocycles. The fourth-order valence-electron chi connectivity index (χ4n) is 4.53. The van der Waals surface area contributed by atoms with Crippen molar-refractivity contribution in [3.05, 3.63) is 87.9 Å². The van der Waals surface area contributed by atoms with Crippen molar-refractivity contribution in [1.29, 1.82) is 5.26 Å². The summed E-state index contributed by atoms with van der Waals surface area (Å²) >= 11 is 0. The Bertz CT molecular complexity index is 1330. The number of aromatic nitrogens is 1. The molecule has 2 aromatic carbocycles. The predicted molar refractivity (Wildman–Crippen MR) is 125 cm³/mol. The lowest BCUT2D eigenvalue weighted by Gasteiger charge is -2.27. The van der Waals surface area contributed by atoms with Gasteiger partial charge < -0.3 is 9.64 Å². The molecule has 0 radical (unpaired) electrons. The molecule has 0 aliphatic carbocycles. The number of aryl methyl sites for hydroxylation is 1. The van der Waals surface area contributed by atoms with E-state index in [9.17, 15) is 23.2 Å². The number of nitrogens with zero attached hydrogens (tertiary/aromatic N) is 3. The van der Waals surface area contributed by atoms with Crippen LogP contribution in [0.5, 0.6) is 5.88 Å². The molecular formula is C27H24F3N3O2. The van der Waals surface area contributed by atoms with Crippen LogP contribution in [-0.2, 0) is 23.7 Å². The van der Waals surface area contributed by atoms with Crippen LogP contribution < -0.4 is 9.64 Å². The van der Waals surface area contributed by atoms with Crippen LogP contribution in [-0.4, -0.2) is 18.0 Å². The molecule has 1 amide bonds. The normalized spacial score (nSPS) is 15.9. The number of methoxy groups -OCH3 is 1. The van der Waals surface area contributed by atoms with Crippen molar-refractivity contribution in [2.24, 2.45) is 0 Å². The zero-order valence-electron chi connectivity index (χ0n) is 19.6. The van der Waals surface area contributed by atoms with Gasteiger partial charge in [0.1, 0.15) is 5.82 Å². The summed E-state index contributed by atoms with van der Waals surface area (Å²) in [5.41, 5.74) is 2.96. The number of nitriles is 1. The number of amides is 1. The molecule has 1 unspecified atom stereocenters. The predicted octanol–water partition coefficient (Wildman–Crippen LogP) is 5.78. The Labute approximate surface area is 201 Å². The summed E-state index contributed by atoms with van der Waals surface area (Å²) in [7, 11) is 1.26. The zero-order valence-corrected chi connectivity index (χ0v) is 19.6. The molecule has 3 aromatic rings. The molecule has 180 valence electrons. The van der Waals surface area contributed by atoms with Crippen LogP contribution in [0.3, 0.4) is 0 Å². The quantitative estimate of drug-likeness (QED) is 0.465. The summed E-state index contributed by atoms with van der Waals surface area (Å²) < 4.78 is 48.3. The highest BCUT2D eigenvalue weighted by molar-refractivity contribution is 5.99. The highest BCUT2D eigenvalue weighted by Gasteiger charge is 2.36. The fraction of sp³-hybridized carbons (Fsp3) is 0.296. The van der Waals surface area contributed by atoms with Crippen molar-refractivity contribution in [2.45, 2.75) is 45.1 Å². The Morgan fingerprint density at radius 2 is 2.03 bits per heavy atom. The summed E-state index contributed by atoms with van der Waals surface area (Å²) in [6, 6.07) is 12.8. The number of ether oxygens (including phenoxy) is 1. The number of pyridine rings is 1. The van der Waals surface area contributed by atoms with Gasteiger partial charge in [-0.25, -0.2) is 18.2 Å². The average Bonchev–Trinajstić information content (AvgIpc) is 2.97. The number of halogens is 3. The van der Waals surface area contributed by atoms with E-state index in [2.05, 4.69) is 4.98 Å². The SMILES string of the molecule is COc1ncc(C2CCc3c(C)cccc3N(Cc3cc(C#N)ccc3F)C2=O)cc1C(C)(F)F. The molecule has 1 aliphatic rings. The van der Waals surface area contributed by atoms with E-state index >= 15 is 0 Å². The standard InChI is InChI=1S/C27H24F3N3O2/c1-16-5-4-6-24-20(16)8-9-21(18-12-22(27(2,29)30)25(35-3)32-14-18)26(34)33(24)15-19-11-17(13-31)7-10-23(19)28/h4-7,10-12,14,21H,8-9,15H2,1-3H3. The van der Waals surface area contributed by atoms with E-state index < -0.39 is 23.2 Å². The molecular weight excluding hydrogens is 455 g/mol. The van der Waals surface area contributed by atoms with Gasteiger partial charge in [-0.15, -0.1) is 0 Å². The minimum Gasteiger partial charge on any atom is -0.481 e. The Morgan fingerprint density at radius 1 is 1.26 bits per heavy atom. The van der Waals surface area contributed by atoms with Gasteiger partial charge >= 0.3 is 0 Å². The highest BCUT2D eigenvalue weighted by Crippen LogP contribution is 2.39. The largest absolute Gasteiger partial charge is 0.481 e. The van der Waals surface area contributed by atoms with Crippen LogP contribution in [0.2, 0.25) is 0 Å². The first-order chi connectivity index (χ1) is 16.6. The summed E-state index contributed by atoms with van der Waals surface area (Å²) in [5, 5.41) is 9.24. The van der Waals surface area contributed by atoms with Crippen LogP contribution in [0.15, 0.2) is 48.7 Å². The van der Waals surface area contributed by atoms with E-state index in [0.29, 0.717) is 24.1 Å². The van der Waals surface area contributed by atoms with E-state index in [-0.39, 0.29) is 29.5 Å². The maximum Gasteiger partial charge on any atom is 0.275 e. The zero-order chi connectivity index (χ0) is 25.3. The second-order valence-corrected chi connectivity index (χ2v) is 8.72. The van der Waals surface area contributed by atoms with E-state index in [0.717, 1.165) is 18.1 Å². The van der Waals surface area contributed by atoms with Crippen LogP contribution in [0.25, 0.3) is 0 Å². The second-order valence-electron chi connectivity index (χ2n) is 8.72. The van der Waals surface area contributed by atoms with Gasteiger partial charge in [-0.2, -0.15) is 5.26 Å². The Kier molecular flexibility index (Phi) is 6.53. The molecule has 0 saturated carbocycles. The second kappa shape index (κ2) is 9.41. The molecule has 0 fully saturated rings. The van der Waals surface area contributed by atoms with Gasteiger partial charge in [-0.05, 0) is 66.8 Å². The average molecular weight is 480 g/mol. The van der Waals surface area contributed by atoms with Gasteiger partial charge in [0.05, 0.1) is 36.8 Å². The lowest BCUT2D eigenvalue weighted by Crippen LogP contribution is -2.34. The highest BCUT2D eigenvalue weighted by atomic mass is 19.3. The van der Waals surface area contributed by atoms with Crippen molar-refractivity contribution >= 4 is 11.6 Å². The summed E-state index contributed by atoms with van der Waals surface area (Å²) in [6.07, 6.45) is 2.28. The number of benzene rings is 2. The third-order valence-electron chi connectivity index (χ3n) is 6.37. The Morgan fingerprint density at radius 3 is 2.71 bits per heavy atom. The van der Waals surface area contributed by atoms with E-state index in [1.165, 1.54) is 42.5 Å². The molecule has 0 spiro atoms. The van der Waals surface area contributed by atoms with Gasteiger partial charge in [-0.1, -0.05) is 12.1 Å². The molecule has 1 aliphatic heterocycles. The fourth-order valence-corrected chi connectivity index (χ4v) is 4.53.